The average molecular weight is 517 g/mol. The number of ether oxygens (including phenoxy) is 3. The van der Waals surface area contributed by atoms with Crippen LogP contribution < -0.4 is 19.9 Å². The number of halogens is 1. The van der Waals surface area contributed by atoms with Crippen molar-refractivity contribution < 1.29 is 27.0 Å². The van der Waals surface area contributed by atoms with Crippen LogP contribution >= 0.6 is 0 Å². The van der Waals surface area contributed by atoms with Gasteiger partial charge in [0.15, 0.2) is 11.4 Å². The highest BCUT2D eigenvalue weighted by molar-refractivity contribution is 7.90. The first-order chi connectivity index (χ1) is 17.2. The van der Waals surface area contributed by atoms with Crippen LogP contribution in [0, 0.1) is 5.82 Å². The van der Waals surface area contributed by atoms with Gasteiger partial charge < -0.3 is 19.2 Å². The Morgan fingerprint density at radius 1 is 1.14 bits per heavy atom. The Morgan fingerprint density at radius 2 is 1.89 bits per heavy atom. The van der Waals surface area contributed by atoms with Crippen LogP contribution in [0.2, 0.25) is 0 Å². The summed E-state index contributed by atoms with van der Waals surface area (Å²) in [5, 5.41) is 0. The van der Waals surface area contributed by atoms with Gasteiger partial charge >= 0.3 is 5.69 Å². The first-order valence-electron chi connectivity index (χ1n) is 11.0. The molecule has 1 N–H and O–H groups in total. The summed E-state index contributed by atoms with van der Waals surface area (Å²) in [7, 11) is -0.680. The van der Waals surface area contributed by atoms with Crippen LogP contribution in [-0.4, -0.2) is 60.8 Å². The highest BCUT2D eigenvalue weighted by atomic mass is 32.2. The Labute approximate surface area is 206 Å². The smallest absolute Gasteiger partial charge is 0.328 e. The highest BCUT2D eigenvalue weighted by Crippen LogP contribution is 2.34. The van der Waals surface area contributed by atoms with Crippen molar-refractivity contribution >= 4 is 21.0 Å². The molecule has 4 aromatic rings. The fraction of sp³-hybridized carbons (Fsp3) is 0.292. The zero-order valence-corrected chi connectivity index (χ0v) is 20.9. The van der Waals surface area contributed by atoms with Crippen molar-refractivity contribution in [2.24, 2.45) is 0 Å². The summed E-state index contributed by atoms with van der Waals surface area (Å²) in [5.74, 6) is -0.0933. The van der Waals surface area contributed by atoms with Crippen LogP contribution in [0.5, 0.6) is 17.4 Å². The van der Waals surface area contributed by atoms with Gasteiger partial charge in [0, 0.05) is 18.0 Å². The maximum absolute atomic E-state index is 14.6. The molecule has 1 aromatic carbocycles. The summed E-state index contributed by atoms with van der Waals surface area (Å²) < 4.78 is 56.6. The average Bonchev–Trinajstić information content (AvgIpc) is 3.16. The lowest BCUT2D eigenvalue weighted by Crippen LogP contribution is -2.29. The van der Waals surface area contributed by atoms with Gasteiger partial charge in [0.1, 0.15) is 21.4 Å². The van der Waals surface area contributed by atoms with E-state index in [1.54, 1.807) is 31.2 Å². The largest absolute Gasteiger partial charge is 0.496 e. The molecule has 10 nitrogen and oxygen atoms in total. The van der Waals surface area contributed by atoms with E-state index < -0.39 is 33.1 Å². The van der Waals surface area contributed by atoms with E-state index >= 15 is 0 Å². The number of nitrogens with zero attached hydrogens (tertiary/aromatic N) is 3. The van der Waals surface area contributed by atoms with Crippen LogP contribution in [0.1, 0.15) is 18.7 Å². The molecule has 0 fully saturated rings. The standard InChI is InChI=1S/C24H25FN4O6S/c1-5-35-23-20(34-3)10-9-16(27-23)18(13-36(4,31)32)29-22-17(28-24(29)30)11-14(12-26-22)21-15(25)7-6-8-19(21)33-2/h6-12,18H,5,13H2,1-4H3,(H,28,30). The van der Waals surface area contributed by atoms with Crippen molar-refractivity contribution in [2.45, 2.75) is 13.0 Å². The molecule has 4 rings (SSSR count). The Hall–Kier alpha value is -3.93. The molecule has 12 heteroatoms. The molecular formula is C24H25FN4O6S. The number of fused-ring (bicyclic) bond motifs is 1. The van der Waals surface area contributed by atoms with E-state index in [9.17, 15) is 17.6 Å². The van der Waals surface area contributed by atoms with Gasteiger partial charge in [-0.15, -0.1) is 0 Å². The summed E-state index contributed by atoms with van der Waals surface area (Å²) >= 11 is 0. The van der Waals surface area contributed by atoms with E-state index in [1.165, 1.54) is 37.1 Å². The molecule has 0 amide bonds. The second kappa shape index (κ2) is 9.97. The predicted molar refractivity (Wildman–Crippen MR) is 132 cm³/mol. The van der Waals surface area contributed by atoms with Gasteiger partial charge in [-0.25, -0.2) is 27.6 Å². The minimum Gasteiger partial charge on any atom is -0.496 e. The fourth-order valence-corrected chi connectivity index (χ4v) is 4.89. The molecule has 0 radical (unpaired) electrons. The zero-order valence-electron chi connectivity index (χ0n) is 20.1. The maximum atomic E-state index is 14.6. The molecule has 0 aliphatic carbocycles. The lowest BCUT2D eigenvalue weighted by atomic mass is 10.1. The summed E-state index contributed by atoms with van der Waals surface area (Å²) in [5.41, 5.74) is 0.720. The molecule has 0 bridgehead atoms. The molecule has 3 aromatic heterocycles. The second-order valence-corrected chi connectivity index (χ2v) is 10.2. The van der Waals surface area contributed by atoms with Crippen molar-refractivity contribution in [3.63, 3.8) is 0 Å². The number of imidazole rings is 1. The molecule has 190 valence electrons. The number of aromatic nitrogens is 4. The molecule has 0 saturated carbocycles. The molecule has 1 atom stereocenters. The van der Waals surface area contributed by atoms with Crippen LogP contribution in [0.25, 0.3) is 22.3 Å². The van der Waals surface area contributed by atoms with Crippen molar-refractivity contribution in [3.8, 4) is 28.5 Å². The van der Waals surface area contributed by atoms with E-state index in [1.807, 2.05) is 0 Å². The highest BCUT2D eigenvalue weighted by Gasteiger charge is 2.27. The molecule has 36 heavy (non-hydrogen) atoms. The van der Waals surface area contributed by atoms with Gasteiger partial charge in [0.2, 0.25) is 0 Å². The summed E-state index contributed by atoms with van der Waals surface area (Å²) in [4.78, 5) is 24.6. The van der Waals surface area contributed by atoms with Gasteiger partial charge in [-0.2, -0.15) is 0 Å². The Balaban J connectivity index is 1.90. The zero-order chi connectivity index (χ0) is 26.0. The molecule has 3 heterocycles. The summed E-state index contributed by atoms with van der Waals surface area (Å²) in [6.07, 6.45) is 2.47. The third kappa shape index (κ3) is 4.89. The van der Waals surface area contributed by atoms with Crippen LogP contribution in [-0.2, 0) is 9.84 Å². The molecule has 0 aliphatic rings. The van der Waals surface area contributed by atoms with E-state index in [-0.39, 0.29) is 22.8 Å². The topological polar surface area (TPSA) is 125 Å². The van der Waals surface area contributed by atoms with E-state index in [0.717, 1.165) is 6.26 Å². The minimum atomic E-state index is -3.57. The Bertz CT molecular complexity index is 1580. The summed E-state index contributed by atoms with van der Waals surface area (Å²) in [6, 6.07) is 8.14. The van der Waals surface area contributed by atoms with E-state index in [4.69, 9.17) is 14.2 Å². The number of nitrogens with one attached hydrogen (secondary N) is 1. The quantitative estimate of drug-likeness (QED) is 0.360. The van der Waals surface area contributed by atoms with Gasteiger partial charge in [-0.3, -0.25) is 4.57 Å². The number of benzene rings is 1. The van der Waals surface area contributed by atoms with Crippen molar-refractivity contribution in [3.05, 3.63) is 64.6 Å². The van der Waals surface area contributed by atoms with Gasteiger partial charge in [0.25, 0.3) is 5.88 Å². The van der Waals surface area contributed by atoms with E-state index in [0.29, 0.717) is 29.2 Å². The van der Waals surface area contributed by atoms with E-state index in [2.05, 4.69) is 15.0 Å². The summed E-state index contributed by atoms with van der Waals surface area (Å²) in [6.45, 7) is 2.08. The number of pyridine rings is 2. The van der Waals surface area contributed by atoms with Gasteiger partial charge in [0.05, 0.1) is 49.4 Å². The van der Waals surface area contributed by atoms with Crippen molar-refractivity contribution in [1.82, 2.24) is 19.5 Å². The Morgan fingerprint density at radius 3 is 2.56 bits per heavy atom. The molecule has 0 aliphatic heterocycles. The number of aromatic amines is 1. The lowest BCUT2D eigenvalue weighted by molar-refractivity contribution is 0.296. The number of rotatable bonds is 9. The second-order valence-electron chi connectivity index (χ2n) is 8.00. The van der Waals surface area contributed by atoms with Crippen molar-refractivity contribution in [2.75, 3.05) is 32.8 Å². The minimum absolute atomic E-state index is 0.172. The number of H-pyrrole nitrogens is 1. The molecular weight excluding hydrogens is 491 g/mol. The first kappa shape index (κ1) is 25.2. The Kier molecular flexibility index (Phi) is 6.97. The third-order valence-corrected chi connectivity index (χ3v) is 6.42. The monoisotopic (exact) mass is 516 g/mol. The molecule has 0 saturated heterocycles. The van der Waals surface area contributed by atoms with Gasteiger partial charge in [-0.1, -0.05) is 6.07 Å². The maximum Gasteiger partial charge on any atom is 0.328 e. The molecule has 1 unspecified atom stereocenters. The fourth-order valence-electron chi connectivity index (χ4n) is 4.00. The molecule has 0 spiro atoms. The van der Waals surface area contributed by atoms with Crippen LogP contribution in [0.4, 0.5) is 4.39 Å². The lowest BCUT2D eigenvalue weighted by Gasteiger charge is -2.19. The number of sulfone groups is 1. The number of hydrogen-bond acceptors (Lipinski definition) is 8. The SMILES string of the molecule is CCOc1nc(C(CS(C)(=O)=O)n2c(=O)[nH]c3cc(-c4c(F)cccc4OC)cnc32)ccc1OC. The first-order valence-corrected chi connectivity index (χ1v) is 13.0. The third-order valence-electron chi connectivity index (χ3n) is 5.50. The number of hydrogen-bond donors (Lipinski definition) is 1. The normalized spacial score (nSPS) is 12.5. The van der Waals surface area contributed by atoms with Crippen LogP contribution in [0.3, 0.4) is 0 Å². The van der Waals surface area contributed by atoms with Crippen LogP contribution in [0.15, 0.2) is 47.4 Å². The van der Waals surface area contributed by atoms with Gasteiger partial charge in [-0.05, 0) is 37.3 Å². The predicted octanol–water partition coefficient (Wildman–Crippen LogP) is 2.98. The number of methoxy groups -OCH3 is 2. The van der Waals surface area contributed by atoms with Crippen molar-refractivity contribution in [1.29, 1.82) is 0 Å².